The largest absolute Gasteiger partial charge is 0.367 e. The van der Waals surface area contributed by atoms with Crippen LogP contribution in [-0.4, -0.2) is 40.6 Å². The van der Waals surface area contributed by atoms with Crippen LogP contribution >= 0.6 is 11.6 Å². The van der Waals surface area contributed by atoms with Gasteiger partial charge in [0.15, 0.2) is 0 Å². The van der Waals surface area contributed by atoms with Crippen LogP contribution in [0.1, 0.15) is 31.5 Å². The maximum atomic E-state index is 5.99. The molecule has 0 N–H and O–H groups in total. The number of alkyl halides is 1. The number of hydrogen-bond acceptors (Lipinski definition) is 4. The molecule has 2 heterocycles. The number of anilines is 1. The third kappa shape index (κ3) is 2.56. The Morgan fingerprint density at radius 1 is 1.42 bits per heavy atom. The van der Waals surface area contributed by atoms with Gasteiger partial charge in [0.1, 0.15) is 12.1 Å². The Labute approximate surface area is 119 Å². The van der Waals surface area contributed by atoms with Crippen molar-refractivity contribution in [3.05, 3.63) is 17.6 Å². The van der Waals surface area contributed by atoms with Gasteiger partial charge in [0.05, 0.1) is 17.6 Å². The number of aromatic nitrogens is 2. The Bertz CT molecular complexity index is 478. The highest BCUT2D eigenvalue weighted by Crippen LogP contribution is 2.31. The summed E-state index contributed by atoms with van der Waals surface area (Å²) >= 11 is 5.99. The van der Waals surface area contributed by atoms with E-state index >= 15 is 0 Å². The van der Waals surface area contributed by atoms with Gasteiger partial charge in [-0.2, -0.15) is 0 Å². The van der Waals surface area contributed by atoms with E-state index in [1.54, 1.807) is 6.33 Å². The first-order valence-corrected chi connectivity index (χ1v) is 7.44. The van der Waals surface area contributed by atoms with Crippen molar-refractivity contribution in [1.82, 2.24) is 9.97 Å². The van der Waals surface area contributed by atoms with E-state index in [-0.39, 0.29) is 11.7 Å². The Kier molecular flexibility index (Phi) is 3.39. The molecule has 4 nitrogen and oxygen atoms in total. The number of rotatable bonds is 2. The van der Waals surface area contributed by atoms with Crippen LogP contribution in [0.25, 0.3) is 0 Å². The molecule has 1 fully saturated rings. The second kappa shape index (κ2) is 4.91. The fraction of sp³-hybridized carbons (Fsp3) is 0.714. The Hall–Kier alpha value is -0.870. The average molecular weight is 282 g/mol. The third-order valence-electron chi connectivity index (χ3n) is 3.81. The molecule has 3 rings (SSSR count). The fourth-order valence-electron chi connectivity index (χ4n) is 3.15. The molecule has 0 aromatic carbocycles. The van der Waals surface area contributed by atoms with Crippen LogP contribution in [0.3, 0.4) is 0 Å². The zero-order valence-corrected chi connectivity index (χ0v) is 12.3. The van der Waals surface area contributed by atoms with Gasteiger partial charge in [0.25, 0.3) is 0 Å². The van der Waals surface area contributed by atoms with Crippen molar-refractivity contribution in [1.29, 1.82) is 0 Å². The van der Waals surface area contributed by atoms with E-state index in [4.69, 9.17) is 16.3 Å². The molecule has 1 aromatic heterocycles. The summed E-state index contributed by atoms with van der Waals surface area (Å²) in [5.41, 5.74) is 2.36. The maximum absolute atomic E-state index is 5.99. The molecule has 0 radical (unpaired) electrons. The monoisotopic (exact) mass is 281 g/mol. The molecule has 0 bridgehead atoms. The number of morpholine rings is 1. The lowest BCUT2D eigenvalue weighted by Gasteiger charge is -2.43. The molecule has 0 saturated carbocycles. The molecule has 0 amide bonds. The van der Waals surface area contributed by atoms with Crippen molar-refractivity contribution in [2.75, 3.05) is 23.9 Å². The molecule has 19 heavy (non-hydrogen) atoms. The lowest BCUT2D eigenvalue weighted by molar-refractivity contribution is -0.0736. The Morgan fingerprint density at radius 2 is 2.26 bits per heavy atom. The smallest absolute Gasteiger partial charge is 0.135 e. The molecule has 1 saturated heterocycles. The SMILES string of the molecule is CC1(C)CN(c2ncnc3c2CCC3)CC(CCl)O1. The number of nitrogens with zero attached hydrogens (tertiary/aromatic N) is 3. The van der Waals surface area contributed by atoms with Gasteiger partial charge in [0, 0.05) is 24.3 Å². The highest BCUT2D eigenvalue weighted by atomic mass is 35.5. The van der Waals surface area contributed by atoms with Gasteiger partial charge in [-0.05, 0) is 33.1 Å². The molecule has 1 aromatic rings. The highest BCUT2D eigenvalue weighted by molar-refractivity contribution is 6.18. The second-order valence-electron chi connectivity index (χ2n) is 6.01. The normalized spacial score (nSPS) is 25.4. The van der Waals surface area contributed by atoms with Gasteiger partial charge in [-0.15, -0.1) is 11.6 Å². The van der Waals surface area contributed by atoms with Crippen molar-refractivity contribution >= 4 is 17.4 Å². The lowest BCUT2D eigenvalue weighted by Crippen LogP contribution is -2.54. The molecule has 5 heteroatoms. The van der Waals surface area contributed by atoms with Gasteiger partial charge in [-0.25, -0.2) is 9.97 Å². The number of halogens is 1. The van der Waals surface area contributed by atoms with Crippen molar-refractivity contribution in [3.63, 3.8) is 0 Å². The summed E-state index contributed by atoms with van der Waals surface area (Å²) in [4.78, 5) is 11.2. The summed E-state index contributed by atoms with van der Waals surface area (Å²) in [5.74, 6) is 1.61. The van der Waals surface area contributed by atoms with Crippen LogP contribution in [0.15, 0.2) is 6.33 Å². The van der Waals surface area contributed by atoms with Crippen molar-refractivity contribution in [2.45, 2.75) is 44.8 Å². The fourth-order valence-corrected chi connectivity index (χ4v) is 3.31. The van der Waals surface area contributed by atoms with E-state index in [2.05, 4.69) is 28.7 Å². The van der Waals surface area contributed by atoms with Gasteiger partial charge in [-0.3, -0.25) is 0 Å². The summed E-state index contributed by atoms with van der Waals surface area (Å²) < 4.78 is 5.98. The summed E-state index contributed by atoms with van der Waals surface area (Å²) in [6.07, 6.45) is 5.12. The Balaban J connectivity index is 1.91. The van der Waals surface area contributed by atoms with E-state index < -0.39 is 0 Å². The van der Waals surface area contributed by atoms with Gasteiger partial charge in [-0.1, -0.05) is 0 Å². The molecule has 1 unspecified atom stereocenters. The first kappa shape index (κ1) is 13.1. The van der Waals surface area contributed by atoms with Crippen LogP contribution < -0.4 is 4.90 Å². The minimum absolute atomic E-state index is 0.0671. The number of aryl methyl sites for hydroxylation is 1. The van der Waals surface area contributed by atoms with E-state index in [1.807, 2.05) is 0 Å². The van der Waals surface area contributed by atoms with Crippen molar-refractivity contribution in [3.8, 4) is 0 Å². The third-order valence-corrected chi connectivity index (χ3v) is 4.15. The molecular weight excluding hydrogens is 262 g/mol. The highest BCUT2D eigenvalue weighted by Gasteiger charge is 2.35. The predicted molar refractivity (Wildman–Crippen MR) is 75.9 cm³/mol. The van der Waals surface area contributed by atoms with Gasteiger partial charge in [0.2, 0.25) is 0 Å². The van der Waals surface area contributed by atoms with Crippen LogP contribution in [0.4, 0.5) is 5.82 Å². The van der Waals surface area contributed by atoms with Crippen molar-refractivity contribution < 1.29 is 4.74 Å². The van der Waals surface area contributed by atoms with E-state index in [1.165, 1.54) is 17.7 Å². The lowest BCUT2D eigenvalue weighted by atomic mass is 10.0. The van der Waals surface area contributed by atoms with Gasteiger partial charge >= 0.3 is 0 Å². The van der Waals surface area contributed by atoms with E-state index in [9.17, 15) is 0 Å². The minimum Gasteiger partial charge on any atom is -0.367 e. The number of hydrogen-bond donors (Lipinski definition) is 0. The molecule has 104 valence electrons. The van der Waals surface area contributed by atoms with Crippen LogP contribution in [0.5, 0.6) is 0 Å². The molecule has 2 aliphatic rings. The zero-order valence-electron chi connectivity index (χ0n) is 11.5. The van der Waals surface area contributed by atoms with Crippen LogP contribution in [0, 0.1) is 0 Å². The van der Waals surface area contributed by atoms with E-state index in [0.29, 0.717) is 5.88 Å². The maximum Gasteiger partial charge on any atom is 0.135 e. The molecule has 1 aliphatic heterocycles. The quantitative estimate of drug-likeness (QED) is 0.779. The van der Waals surface area contributed by atoms with Crippen LogP contribution in [0.2, 0.25) is 0 Å². The molecular formula is C14H20ClN3O. The predicted octanol–water partition coefficient (Wildman–Crippen LogP) is 2.19. The second-order valence-corrected chi connectivity index (χ2v) is 6.32. The standard InChI is InChI=1S/C14H20ClN3O/c1-14(2)8-18(7-10(6-15)19-14)13-11-4-3-5-12(11)16-9-17-13/h9-10H,3-8H2,1-2H3. The summed E-state index contributed by atoms with van der Waals surface area (Å²) in [7, 11) is 0. The summed E-state index contributed by atoms with van der Waals surface area (Å²) in [5, 5.41) is 0. The number of fused-ring (bicyclic) bond motifs is 1. The first-order valence-electron chi connectivity index (χ1n) is 6.90. The first-order chi connectivity index (χ1) is 9.09. The summed E-state index contributed by atoms with van der Waals surface area (Å²) in [6.45, 7) is 5.89. The number of ether oxygens (including phenoxy) is 1. The topological polar surface area (TPSA) is 38.2 Å². The van der Waals surface area contributed by atoms with Crippen molar-refractivity contribution in [2.24, 2.45) is 0 Å². The average Bonchev–Trinajstić information content (AvgIpc) is 2.84. The van der Waals surface area contributed by atoms with E-state index in [0.717, 1.165) is 31.7 Å². The molecule has 1 atom stereocenters. The Morgan fingerprint density at radius 3 is 3.05 bits per heavy atom. The molecule has 0 spiro atoms. The zero-order chi connectivity index (χ0) is 13.5. The minimum atomic E-state index is -0.186. The van der Waals surface area contributed by atoms with Gasteiger partial charge < -0.3 is 9.64 Å². The summed E-state index contributed by atoms with van der Waals surface area (Å²) in [6, 6.07) is 0. The molecule has 1 aliphatic carbocycles. The van der Waals surface area contributed by atoms with Crippen LogP contribution in [-0.2, 0) is 17.6 Å².